The molecule has 2 heterocycles. The van der Waals surface area contributed by atoms with Crippen LogP contribution in [-0.4, -0.2) is 54.3 Å². The molecule has 3 rings (SSSR count). The van der Waals surface area contributed by atoms with Gasteiger partial charge in [-0.3, -0.25) is 24.6 Å². The van der Waals surface area contributed by atoms with Crippen LogP contribution in [0, 0.1) is 0 Å². The summed E-state index contributed by atoms with van der Waals surface area (Å²) in [6.45, 7) is 3.41. The highest BCUT2D eigenvalue weighted by Crippen LogP contribution is 2.23. The molecule has 2 fully saturated rings. The van der Waals surface area contributed by atoms with Gasteiger partial charge >= 0.3 is 6.03 Å². The predicted octanol–water partition coefficient (Wildman–Crippen LogP) is 0.874. The van der Waals surface area contributed by atoms with Crippen LogP contribution in [0.4, 0.5) is 10.5 Å². The topological polar surface area (TPSA) is 98.8 Å². The lowest BCUT2D eigenvalue weighted by atomic mass is 10.1. The first-order chi connectivity index (χ1) is 12.5. The van der Waals surface area contributed by atoms with E-state index in [-0.39, 0.29) is 43.1 Å². The van der Waals surface area contributed by atoms with E-state index in [4.69, 9.17) is 0 Å². The average molecular weight is 358 g/mol. The molecule has 8 nitrogen and oxygen atoms in total. The highest BCUT2D eigenvalue weighted by atomic mass is 16.2. The van der Waals surface area contributed by atoms with Crippen LogP contribution >= 0.6 is 0 Å². The maximum absolute atomic E-state index is 12.7. The Bertz CT molecular complexity index is 748. The molecule has 2 aliphatic heterocycles. The average Bonchev–Trinajstić information content (AvgIpc) is 2.94. The van der Waals surface area contributed by atoms with Gasteiger partial charge in [-0.2, -0.15) is 0 Å². The van der Waals surface area contributed by atoms with Crippen LogP contribution in [0.25, 0.3) is 0 Å². The molecule has 2 N–H and O–H groups in total. The van der Waals surface area contributed by atoms with Crippen LogP contribution in [0.15, 0.2) is 24.3 Å². The first kappa shape index (κ1) is 17.9. The second-order valence-electron chi connectivity index (χ2n) is 6.49. The number of amides is 5. The fourth-order valence-corrected chi connectivity index (χ4v) is 3.31. The summed E-state index contributed by atoms with van der Waals surface area (Å²) in [5.74, 6) is -0.616. The number of benzene rings is 1. The molecule has 0 radical (unpaired) electrons. The van der Waals surface area contributed by atoms with E-state index in [0.29, 0.717) is 24.3 Å². The van der Waals surface area contributed by atoms with Crippen molar-refractivity contribution in [1.29, 1.82) is 0 Å². The van der Waals surface area contributed by atoms with Gasteiger partial charge in [-0.1, -0.05) is 19.1 Å². The minimum absolute atomic E-state index is 0.0411. The summed E-state index contributed by atoms with van der Waals surface area (Å²) in [5, 5.41) is 5.15. The number of hydrogen-bond donors (Lipinski definition) is 2. The Hall–Kier alpha value is -2.90. The van der Waals surface area contributed by atoms with E-state index in [2.05, 4.69) is 10.6 Å². The quantitative estimate of drug-likeness (QED) is 0.816. The van der Waals surface area contributed by atoms with E-state index in [1.54, 1.807) is 29.2 Å². The predicted molar refractivity (Wildman–Crippen MR) is 94.7 cm³/mol. The van der Waals surface area contributed by atoms with E-state index in [9.17, 15) is 19.2 Å². The largest absolute Gasteiger partial charge is 0.347 e. The highest BCUT2D eigenvalue weighted by Gasteiger charge is 2.32. The van der Waals surface area contributed by atoms with Gasteiger partial charge in [-0.15, -0.1) is 0 Å². The third kappa shape index (κ3) is 3.68. The standard InChI is InChI=1S/C18H22N4O4/c1-2-8-21-11-12(10-16(21)24)19-17(25)13-5-3-4-6-14(13)22-9-7-15(23)20-18(22)26/h3-6,12H,2,7-11H2,1H3,(H,19,25)(H,20,23,26). The van der Waals surface area contributed by atoms with Crippen molar-refractivity contribution < 1.29 is 19.2 Å². The highest BCUT2D eigenvalue weighted by molar-refractivity contribution is 6.09. The lowest BCUT2D eigenvalue weighted by Crippen LogP contribution is -2.50. The van der Waals surface area contributed by atoms with Crippen molar-refractivity contribution in [3.8, 4) is 0 Å². The Balaban J connectivity index is 1.74. The zero-order valence-corrected chi connectivity index (χ0v) is 14.7. The normalized spacial score (nSPS) is 20.3. The van der Waals surface area contributed by atoms with E-state index in [1.165, 1.54) is 4.90 Å². The zero-order chi connectivity index (χ0) is 18.7. The van der Waals surface area contributed by atoms with E-state index < -0.39 is 6.03 Å². The first-order valence-corrected chi connectivity index (χ1v) is 8.78. The zero-order valence-electron chi connectivity index (χ0n) is 14.7. The molecule has 26 heavy (non-hydrogen) atoms. The molecule has 138 valence electrons. The maximum atomic E-state index is 12.7. The van der Waals surface area contributed by atoms with Gasteiger partial charge in [-0.05, 0) is 18.6 Å². The molecular weight excluding hydrogens is 336 g/mol. The molecule has 0 aliphatic carbocycles. The summed E-state index contributed by atoms with van der Waals surface area (Å²) in [6.07, 6.45) is 1.34. The molecular formula is C18H22N4O4. The number of carbonyl (C=O) groups is 4. The molecule has 2 saturated heterocycles. The number of nitrogens with one attached hydrogen (secondary N) is 2. The summed E-state index contributed by atoms with van der Waals surface area (Å²) in [7, 11) is 0. The molecule has 1 aromatic rings. The third-order valence-electron chi connectivity index (χ3n) is 4.54. The van der Waals surface area contributed by atoms with Crippen LogP contribution in [0.5, 0.6) is 0 Å². The van der Waals surface area contributed by atoms with Crippen molar-refractivity contribution >= 4 is 29.4 Å². The molecule has 2 aliphatic rings. The monoisotopic (exact) mass is 358 g/mol. The summed E-state index contributed by atoms with van der Waals surface area (Å²) in [4.78, 5) is 51.3. The lowest BCUT2D eigenvalue weighted by Gasteiger charge is -2.28. The van der Waals surface area contributed by atoms with Crippen LogP contribution < -0.4 is 15.5 Å². The Morgan fingerprint density at radius 3 is 2.77 bits per heavy atom. The molecule has 0 saturated carbocycles. The number of urea groups is 1. The van der Waals surface area contributed by atoms with Gasteiger partial charge in [0.1, 0.15) is 0 Å². The van der Waals surface area contributed by atoms with Crippen LogP contribution in [0.1, 0.15) is 36.5 Å². The van der Waals surface area contributed by atoms with Crippen molar-refractivity contribution in [2.24, 2.45) is 0 Å². The van der Waals surface area contributed by atoms with E-state index in [1.807, 2.05) is 6.92 Å². The first-order valence-electron chi connectivity index (χ1n) is 8.78. The van der Waals surface area contributed by atoms with E-state index in [0.717, 1.165) is 6.42 Å². The Labute approximate surface area is 151 Å². The van der Waals surface area contributed by atoms with Crippen LogP contribution in [0.2, 0.25) is 0 Å². The Morgan fingerprint density at radius 2 is 2.04 bits per heavy atom. The van der Waals surface area contributed by atoms with Crippen LogP contribution in [0.3, 0.4) is 0 Å². The van der Waals surface area contributed by atoms with Gasteiger partial charge in [-0.25, -0.2) is 4.79 Å². The second-order valence-corrected chi connectivity index (χ2v) is 6.49. The van der Waals surface area contributed by atoms with Crippen molar-refractivity contribution in [1.82, 2.24) is 15.5 Å². The second kappa shape index (κ2) is 7.55. The summed E-state index contributed by atoms with van der Waals surface area (Å²) < 4.78 is 0. The van der Waals surface area contributed by atoms with Crippen molar-refractivity contribution in [3.63, 3.8) is 0 Å². The van der Waals surface area contributed by atoms with Gasteiger partial charge < -0.3 is 10.2 Å². The number of imide groups is 1. The SMILES string of the molecule is CCCN1CC(NC(=O)c2ccccc2N2CCC(=O)NC2=O)CC1=O. The molecule has 0 aromatic heterocycles. The Kier molecular flexibility index (Phi) is 5.20. The van der Waals surface area contributed by atoms with Crippen molar-refractivity contribution in [3.05, 3.63) is 29.8 Å². The smallest absolute Gasteiger partial charge is 0.328 e. The number of carbonyl (C=O) groups excluding carboxylic acids is 4. The molecule has 0 bridgehead atoms. The van der Waals surface area contributed by atoms with Crippen molar-refractivity contribution in [2.75, 3.05) is 24.5 Å². The molecule has 5 amide bonds. The summed E-state index contributed by atoms with van der Waals surface area (Å²) in [6, 6.07) is 5.98. The fourth-order valence-electron chi connectivity index (χ4n) is 3.31. The molecule has 1 aromatic carbocycles. The minimum Gasteiger partial charge on any atom is -0.347 e. The van der Waals surface area contributed by atoms with Gasteiger partial charge in [0, 0.05) is 32.5 Å². The van der Waals surface area contributed by atoms with Gasteiger partial charge in [0.05, 0.1) is 17.3 Å². The molecule has 0 spiro atoms. The van der Waals surface area contributed by atoms with E-state index >= 15 is 0 Å². The number of nitrogens with zero attached hydrogens (tertiary/aromatic N) is 2. The number of likely N-dealkylation sites (tertiary alicyclic amines) is 1. The molecule has 8 heteroatoms. The van der Waals surface area contributed by atoms with Crippen LogP contribution in [-0.2, 0) is 9.59 Å². The van der Waals surface area contributed by atoms with Crippen molar-refractivity contribution in [2.45, 2.75) is 32.2 Å². The number of hydrogen-bond acceptors (Lipinski definition) is 4. The van der Waals surface area contributed by atoms with Gasteiger partial charge in [0.25, 0.3) is 5.91 Å². The summed E-state index contributed by atoms with van der Waals surface area (Å²) in [5.41, 5.74) is 0.795. The molecule has 1 unspecified atom stereocenters. The lowest BCUT2D eigenvalue weighted by molar-refractivity contribution is -0.127. The number of rotatable bonds is 5. The maximum Gasteiger partial charge on any atom is 0.328 e. The fraction of sp³-hybridized carbons (Fsp3) is 0.444. The summed E-state index contributed by atoms with van der Waals surface area (Å²) >= 11 is 0. The third-order valence-corrected chi connectivity index (χ3v) is 4.54. The van der Waals surface area contributed by atoms with Gasteiger partial charge in [0.15, 0.2) is 0 Å². The Morgan fingerprint density at radius 1 is 1.27 bits per heavy atom. The number of para-hydroxylation sites is 1. The minimum atomic E-state index is -0.535. The molecule has 1 atom stereocenters. The number of anilines is 1. The van der Waals surface area contributed by atoms with Gasteiger partial charge in [0.2, 0.25) is 11.8 Å².